The molecule has 0 bridgehead atoms. The summed E-state index contributed by atoms with van der Waals surface area (Å²) in [6, 6.07) is -1.36. The van der Waals surface area contributed by atoms with Crippen molar-refractivity contribution in [1.29, 1.82) is 0 Å². The lowest BCUT2D eigenvalue weighted by molar-refractivity contribution is -0.390. The quantitative estimate of drug-likeness (QED) is 0.0506. The lowest BCUT2D eigenvalue weighted by Gasteiger charge is -2.51. The van der Waals surface area contributed by atoms with Gasteiger partial charge in [0.25, 0.3) is 5.79 Å². The molecule has 24 heteroatoms. The lowest BCUT2D eigenvalue weighted by Crippen LogP contribution is -2.70. The van der Waals surface area contributed by atoms with E-state index in [1.807, 2.05) is 0 Å². The molecule has 4 rings (SSSR count). The zero-order valence-electron chi connectivity index (χ0n) is 32.8. The normalized spacial score (nSPS) is 42.8. The molecule has 4 aliphatic rings. The summed E-state index contributed by atoms with van der Waals surface area (Å²) in [5.41, 5.74) is 5.58. The first kappa shape index (κ1) is 49.8. The second kappa shape index (κ2) is 22.5. The fraction of sp³-hybridized carbons (Fsp3) is 0.943. The first-order valence-corrected chi connectivity index (χ1v) is 19.7. The molecule has 4 heterocycles. The fourth-order valence-electron chi connectivity index (χ4n) is 7.50. The first-order valence-electron chi connectivity index (χ1n) is 19.7. The van der Waals surface area contributed by atoms with Crippen molar-refractivity contribution in [3.05, 3.63) is 0 Å². The van der Waals surface area contributed by atoms with Gasteiger partial charge in [0.15, 0.2) is 18.9 Å². The summed E-state index contributed by atoms with van der Waals surface area (Å²) in [6.07, 6.45) is -29.6. The fourth-order valence-corrected chi connectivity index (χ4v) is 7.50. The summed E-state index contributed by atoms with van der Waals surface area (Å²) in [6.45, 7) is 0.323. The number of amides is 1. The molecule has 0 aliphatic carbocycles. The summed E-state index contributed by atoms with van der Waals surface area (Å²) in [5, 5.41) is 129. The van der Waals surface area contributed by atoms with Crippen LogP contribution in [-0.4, -0.2) is 228 Å². The monoisotopic (exact) mass is 862 g/mol. The van der Waals surface area contributed by atoms with Gasteiger partial charge in [0.2, 0.25) is 5.91 Å². The summed E-state index contributed by atoms with van der Waals surface area (Å²) >= 11 is 0. The molecule has 4 saturated heterocycles. The topological polar surface area (TPSA) is 389 Å². The van der Waals surface area contributed by atoms with E-state index in [1.165, 1.54) is 6.92 Å². The molecule has 344 valence electrons. The van der Waals surface area contributed by atoms with Crippen LogP contribution < -0.4 is 11.1 Å². The molecule has 0 radical (unpaired) electrons. The number of aliphatic carboxylic acids is 1. The van der Waals surface area contributed by atoms with Crippen molar-refractivity contribution in [2.75, 3.05) is 33.0 Å². The van der Waals surface area contributed by atoms with Crippen LogP contribution in [0.4, 0.5) is 0 Å². The minimum absolute atomic E-state index is 0.0880. The third-order valence-electron chi connectivity index (χ3n) is 10.8. The van der Waals surface area contributed by atoms with E-state index in [0.29, 0.717) is 13.0 Å². The van der Waals surface area contributed by atoms with Crippen molar-refractivity contribution >= 4 is 11.9 Å². The number of aliphatic hydroxyl groups is 11. The number of aliphatic hydroxyl groups excluding tert-OH is 11. The summed E-state index contributed by atoms with van der Waals surface area (Å²) in [7, 11) is 0. The number of unbranched alkanes of at least 4 members (excludes halogenated alkanes) is 3. The van der Waals surface area contributed by atoms with Gasteiger partial charge in [0.05, 0.1) is 38.1 Å². The van der Waals surface area contributed by atoms with Crippen LogP contribution in [0.2, 0.25) is 0 Å². The van der Waals surface area contributed by atoms with Crippen LogP contribution in [0, 0.1) is 0 Å². The highest BCUT2D eigenvalue weighted by molar-refractivity contribution is 5.76. The van der Waals surface area contributed by atoms with Crippen molar-refractivity contribution in [2.24, 2.45) is 5.73 Å². The molecule has 0 aromatic rings. The molecule has 59 heavy (non-hydrogen) atoms. The molecular weight excluding hydrogens is 800 g/mol. The lowest BCUT2D eigenvalue weighted by atomic mass is 9.92. The van der Waals surface area contributed by atoms with Crippen LogP contribution in [0.25, 0.3) is 0 Å². The van der Waals surface area contributed by atoms with Crippen molar-refractivity contribution in [1.82, 2.24) is 5.32 Å². The smallest absolute Gasteiger partial charge is 0.364 e. The average Bonchev–Trinajstić information content (AvgIpc) is 3.20. The van der Waals surface area contributed by atoms with Gasteiger partial charge < -0.3 is 110 Å². The van der Waals surface area contributed by atoms with E-state index in [1.54, 1.807) is 0 Å². The van der Waals surface area contributed by atoms with Gasteiger partial charge in [-0.3, -0.25) is 4.79 Å². The first-order chi connectivity index (χ1) is 27.9. The number of carbonyl (C=O) groups is 2. The largest absolute Gasteiger partial charge is 0.477 e. The van der Waals surface area contributed by atoms with Gasteiger partial charge in [-0.25, -0.2) is 4.79 Å². The zero-order valence-corrected chi connectivity index (χ0v) is 32.8. The molecule has 20 atom stereocenters. The Kier molecular flexibility index (Phi) is 19.0. The van der Waals surface area contributed by atoms with Gasteiger partial charge >= 0.3 is 5.97 Å². The zero-order chi connectivity index (χ0) is 43.8. The van der Waals surface area contributed by atoms with Crippen LogP contribution in [-0.2, 0) is 47.5 Å². The third kappa shape index (κ3) is 12.0. The molecule has 0 spiro atoms. The molecule has 15 N–H and O–H groups in total. The average molecular weight is 863 g/mol. The van der Waals surface area contributed by atoms with E-state index in [2.05, 4.69) is 5.32 Å². The number of carboxylic acids is 1. The van der Waals surface area contributed by atoms with Gasteiger partial charge in [-0.15, -0.1) is 0 Å². The third-order valence-corrected chi connectivity index (χ3v) is 10.8. The standard InChI is InChI=1S/C35H62N2O22/c1-14-22(44)25(47)26(48)32(53-14)57-29-21(37-15(2)41)31(52-8-6-4-3-5-7-36)55-20(13-40)28(29)56-33-27(49)30(24(46)19(12-39)54-33)59-35(34(50)51)10-16(42)9-18(58-35)23(45)17(43)11-38/h14,16-33,38-40,42-49H,3-13,36H2,1-2H3,(H,37,41)(H,50,51)/t14-,16+,17+,18+,19+,20+,21+,22+,23+,24-,25+,26-,27+,28+,29+,30-,31+,32-,33-,35-/m0/s1. The minimum Gasteiger partial charge on any atom is -0.477 e. The molecule has 1 amide bonds. The predicted molar refractivity (Wildman–Crippen MR) is 191 cm³/mol. The van der Waals surface area contributed by atoms with Gasteiger partial charge in [0.1, 0.15) is 79.3 Å². The SMILES string of the molecule is CC(=O)N[C@H]1[C@H](OCCCCCCN)O[C@H](CO)[C@@H](O[C@@H]2O[C@H](CO)[C@H](O)[C@H](O[C@]3(C(=O)O)C[C@H](O)C[C@H]([C@H](O)[C@H](O)CO)O3)[C@H]2O)[C@@H]1O[C@@H]1O[C@@H](C)[C@@H](O)[C@@H](O)[C@@H]1O. The highest BCUT2D eigenvalue weighted by Gasteiger charge is 2.59. The van der Waals surface area contributed by atoms with Gasteiger partial charge in [0, 0.05) is 26.4 Å². The molecule has 0 unspecified atom stereocenters. The number of hydrogen-bond acceptors (Lipinski definition) is 22. The molecule has 0 saturated carbocycles. The highest BCUT2D eigenvalue weighted by Crippen LogP contribution is 2.39. The Morgan fingerprint density at radius 3 is 2.03 bits per heavy atom. The molecule has 0 aromatic carbocycles. The van der Waals surface area contributed by atoms with E-state index >= 15 is 0 Å². The van der Waals surface area contributed by atoms with E-state index in [-0.39, 0.29) is 6.61 Å². The van der Waals surface area contributed by atoms with Crippen molar-refractivity contribution < 1.29 is 109 Å². The maximum absolute atomic E-state index is 12.8. The van der Waals surface area contributed by atoms with Gasteiger partial charge in [-0.05, 0) is 26.3 Å². The van der Waals surface area contributed by atoms with Crippen LogP contribution >= 0.6 is 0 Å². The van der Waals surface area contributed by atoms with E-state index < -0.39 is 167 Å². The van der Waals surface area contributed by atoms with Crippen molar-refractivity contribution in [3.63, 3.8) is 0 Å². The van der Waals surface area contributed by atoms with Crippen molar-refractivity contribution in [2.45, 2.75) is 175 Å². The molecule has 0 aromatic heterocycles. The Morgan fingerprint density at radius 1 is 0.797 bits per heavy atom. The summed E-state index contributed by atoms with van der Waals surface area (Å²) in [5.74, 6) is -5.47. The van der Waals surface area contributed by atoms with Crippen LogP contribution in [0.15, 0.2) is 0 Å². The number of nitrogens with one attached hydrogen (secondary N) is 1. The number of ether oxygens (including phenoxy) is 8. The van der Waals surface area contributed by atoms with Crippen LogP contribution in [0.5, 0.6) is 0 Å². The Hall–Kier alpha value is -1.86. The summed E-state index contributed by atoms with van der Waals surface area (Å²) in [4.78, 5) is 25.4. The number of carboxylic acid groups (broad SMARTS) is 1. The minimum atomic E-state index is -2.93. The van der Waals surface area contributed by atoms with Crippen LogP contribution in [0.3, 0.4) is 0 Å². The van der Waals surface area contributed by atoms with Crippen LogP contribution in [0.1, 0.15) is 52.4 Å². The van der Waals surface area contributed by atoms with Crippen molar-refractivity contribution in [3.8, 4) is 0 Å². The van der Waals surface area contributed by atoms with E-state index in [0.717, 1.165) is 26.2 Å². The van der Waals surface area contributed by atoms with E-state index in [9.17, 15) is 70.9 Å². The molecule has 4 aliphatic heterocycles. The maximum atomic E-state index is 12.8. The highest BCUT2D eigenvalue weighted by atomic mass is 16.8. The summed E-state index contributed by atoms with van der Waals surface area (Å²) < 4.78 is 47.1. The molecular formula is C35H62N2O22. The number of nitrogens with two attached hydrogens (primary N) is 1. The molecule has 4 fully saturated rings. The van der Waals surface area contributed by atoms with Gasteiger partial charge in [-0.1, -0.05) is 12.8 Å². The Labute approximate surface area is 339 Å². The number of hydrogen-bond donors (Lipinski definition) is 14. The second-order valence-corrected chi connectivity index (χ2v) is 15.2. The van der Waals surface area contributed by atoms with E-state index in [4.69, 9.17) is 43.6 Å². The Balaban J connectivity index is 1.69. The molecule has 24 nitrogen and oxygen atoms in total. The number of rotatable bonds is 20. The second-order valence-electron chi connectivity index (χ2n) is 15.2. The Morgan fingerprint density at radius 2 is 1.42 bits per heavy atom. The predicted octanol–water partition coefficient (Wildman–Crippen LogP) is -6.80. The van der Waals surface area contributed by atoms with Gasteiger partial charge in [-0.2, -0.15) is 0 Å². The maximum Gasteiger partial charge on any atom is 0.364 e. The number of carbonyl (C=O) groups excluding carboxylic acids is 1. The Bertz CT molecular complexity index is 1310.